The van der Waals surface area contributed by atoms with Gasteiger partial charge >= 0.3 is 0 Å². The minimum Gasteiger partial charge on any atom is -0.493 e. The normalized spacial score (nSPS) is 12.2. The summed E-state index contributed by atoms with van der Waals surface area (Å²) in [6.07, 6.45) is 2.56. The standard InChI is InChI=1S/C16H21NO3/c1-12(10-14-7-5-9-20-14)17-11-13-6-4-8-15(18-2)16(13)19-3/h4-9,12,17H,10-11H2,1-3H3. The lowest BCUT2D eigenvalue weighted by Gasteiger charge is -2.16. The lowest BCUT2D eigenvalue weighted by atomic mass is 10.1. The monoisotopic (exact) mass is 275 g/mol. The first kappa shape index (κ1) is 14.5. The Kier molecular flexibility index (Phi) is 5.07. The van der Waals surface area contributed by atoms with E-state index in [1.54, 1.807) is 20.5 Å². The molecule has 1 aromatic heterocycles. The van der Waals surface area contributed by atoms with Gasteiger partial charge < -0.3 is 19.2 Å². The maximum atomic E-state index is 5.42. The van der Waals surface area contributed by atoms with Crippen molar-refractivity contribution in [2.75, 3.05) is 14.2 Å². The van der Waals surface area contributed by atoms with Crippen LogP contribution >= 0.6 is 0 Å². The molecule has 1 aromatic carbocycles. The Labute approximate surface area is 119 Å². The van der Waals surface area contributed by atoms with Crippen LogP contribution in [0.3, 0.4) is 0 Å². The quantitative estimate of drug-likeness (QED) is 0.843. The van der Waals surface area contributed by atoms with E-state index in [2.05, 4.69) is 12.2 Å². The van der Waals surface area contributed by atoms with Crippen molar-refractivity contribution < 1.29 is 13.9 Å². The molecule has 0 aliphatic rings. The Morgan fingerprint density at radius 1 is 1.15 bits per heavy atom. The van der Waals surface area contributed by atoms with Crippen LogP contribution in [0.2, 0.25) is 0 Å². The molecule has 4 heteroatoms. The number of hydrogen-bond donors (Lipinski definition) is 1. The van der Waals surface area contributed by atoms with E-state index in [1.807, 2.05) is 30.3 Å². The Hall–Kier alpha value is -1.94. The summed E-state index contributed by atoms with van der Waals surface area (Å²) in [4.78, 5) is 0. The highest BCUT2D eigenvalue weighted by Crippen LogP contribution is 2.30. The van der Waals surface area contributed by atoms with Crippen LogP contribution in [0.25, 0.3) is 0 Å². The van der Waals surface area contributed by atoms with Crippen molar-refractivity contribution in [1.29, 1.82) is 0 Å². The predicted molar refractivity (Wildman–Crippen MR) is 78.3 cm³/mol. The van der Waals surface area contributed by atoms with Crippen LogP contribution in [-0.2, 0) is 13.0 Å². The Morgan fingerprint density at radius 3 is 2.65 bits per heavy atom. The molecule has 1 unspecified atom stereocenters. The van der Waals surface area contributed by atoms with Crippen LogP contribution in [0, 0.1) is 0 Å². The van der Waals surface area contributed by atoms with Crippen LogP contribution in [-0.4, -0.2) is 20.3 Å². The van der Waals surface area contributed by atoms with Crippen LogP contribution in [0.15, 0.2) is 41.0 Å². The molecule has 20 heavy (non-hydrogen) atoms. The fourth-order valence-corrected chi connectivity index (χ4v) is 2.18. The molecule has 108 valence electrons. The molecule has 0 radical (unpaired) electrons. The van der Waals surface area contributed by atoms with E-state index in [9.17, 15) is 0 Å². The minimum absolute atomic E-state index is 0.317. The molecule has 1 atom stereocenters. The molecule has 0 spiro atoms. The average Bonchev–Trinajstić information content (AvgIpc) is 2.97. The summed E-state index contributed by atoms with van der Waals surface area (Å²) in [5, 5.41) is 3.47. The summed E-state index contributed by atoms with van der Waals surface area (Å²) in [5.74, 6) is 2.53. The zero-order chi connectivity index (χ0) is 14.4. The summed E-state index contributed by atoms with van der Waals surface area (Å²) < 4.78 is 16.1. The Balaban J connectivity index is 1.96. The van der Waals surface area contributed by atoms with E-state index < -0.39 is 0 Å². The van der Waals surface area contributed by atoms with Gasteiger partial charge in [0.25, 0.3) is 0 Å². The lowest BCUT2D eigenvalue weighted by Crippen LogP contribution is -2.27. The van der Waals surface area contributed by atoms with Crippen molar-refractivity contribution in [3.05, 3.63) is 47.9 Å². The second-order valence-corrected chi connectivity index (χ2v) is 4.72. The molecule has 0 fully saturated rings. The average molecular weight is 275 g/mol. The van der Waals surface area contributed by atoms with Crippen LogP contribution in [0.4, 0.5) is 0 Å². The van der Waals surface area contributed by atoms with Crippen molar-refractivity contribution in [2.45, 2.75) is 25.9 Å². The van der Waals surface area contributed by atoms with E-state index in [1.165, 1.54) is 0 Å². The number of nitrogens with one attached hydrogen (secondary N) is 1. The molecule has 0 aliphatic heterocycles. The van der Waals surface area contributed by atoms with E-state index in [0.29, 0.717) is 6.04 Å². The Morgan fingerprint density at radius 2 is 2.00 bits per heavy atom. The van der Waals surface area contributed by atoms with Crippen molar-refractivity contribution in [1.82, 2.24) is 5.32 Å². The molecule has 2 rings (SSSR count). The molecule has 1 heterocycles. The van der Waals surface area contributed by atoms with E-state index in [-0.39, 0.29) is 0 Å². The minimum atomic E-state index is 0.317. The highest BCUT2D eigenvalue weighted by atomic mass is 16.5. The summed E-state index contributed by atoms with van der Waals surface area (Å²) in [5.41, 5.74) is 1.08. The highest BCUT2D eigenvalue weighted by Gasteiger charge is 2.11. The van der Waals surface area contributed by atoms with Gasteiger partial charge in [-0.25, -0.2) is 0 Å². The van der Waals surface area contributed by atoms with Gasteiger partial charge in [0, 0.05) is 24.6 Å². The zero-order valence-corrected chi connectivity index (χ0v) is 12.2. The molecular weight excluding hydrogens is 254 g/mol. The summed E-state index contributed by atoms with van der Waals surface area (Å²) in [6, 6.07) is 10.1. The topological polar surface area (TPSA) is 43.6 Å². The van der Waals surface area contributed by atoms with Crippen LogP contribution in [0.1, 0.15) is 18.2 Å². The number of benzene rings is 1. The van der Waals surface area contributed by atoms with Gasteiger partial charge in [-0.2, -0.15) is 0 Å². The van der Waals surface area contributed by atoms with Gasteiger partial charge in [-0.3, -0.25) is 0 Å². The van der Waals surface area contributed by atoms with Gasteiger partial charge in [0.2, 0.25) is 0 Å². The number of rotatable bonds is 7. The smallest absolute Gasteiger partial charge is 0.165 e. The lowest BCUT2D eigenvalue weighted by molar-refractivity contribution is 0.349. The fourth-order valence-electron chi connectivity index (χ4n) is 2.18. The van der Waals surface area contributed by atoms with Crippen molar-refractivity contribution in [3.63, 3.8) is 0 Å². The molecule has 4 nitrogen and oxygen atoms in total. The van der Waals surface area contributed by atoms with Crippen LogP contribution < -0.4 is 14.8 Å². The molecule has 0 bridgehead atoms. The SMILES string of the molecule is COc1cccc(CNC(C)Cc2ccco2)c1OC. The number of hydrogen-bond acceptors (Lipinski definition) is 4. The van der Waals surface area contributed by atoms with Gasteiger partial charge in [0.15, 0.2) is 11.5 Å². The number of methoxy groups -OCH3 is 2. The zero-order valence-electron chi connectivity index (χ0n) is 12.2. The second kappa shape index (κ2) is 7.01. The molecule has 2 aromatic rings. The van der Waals surface area contributed by atoms with Crippen molar-refractivity contribution in [2.24, 2.45) is 0 Å². The third-order valence-corrected chi connectivity index (χ3v) is 3.21. The Bertz CT molecular complexity index is 523. The van der Waals surface area contributed by atoms with Gasteiger partial charge in [-0.05, 0) is 25.1 Å². The number of furan rings is 1. The van der Waals surface area contributed by atoms with Crippen molar-refractivity contribution >= 4 is 0 Å². The molecule has 0 aliphatic carbocycles. The molecule has 1 N–H and O–H groups in total. The third-order valence-electron chi connectivity index (χ3n) is 3.21. The van der Waals surface area contributed by atoms with Gasteiger partial charge in [0.1, 0.15) is 5.76 Å². The van der Waals surface area contributed by atoms with E-state index in [4.69, 9.17) is 13.9 Å². The molecule has 0 amide bonds. The summed E-state index contributed by atoms with van der Waals surface area (Å²) >= 11 is 0. The predicted octanol–water partition coefficient (Wildman–Crippen LogP) is 3.02. The highest BCUT2D eigenvalue weighted by molar-refractivity contribution is 5.46. The maximum Gasteiger partial charge on any atom is 0.165 e. The van der Waals surface area contributed by atoms with E-state index in [0.717, 1.165) is 35.8 Å². The molecule has 0 saturated heterocycles. The van der Waals surface area contributed by atoms with Gasteiger partial charge in [-0.15, -0.1) is 0 Å². The third kappa shape index (κ3) is 3.54. The maximum absolute atomic E-state index is 5.42. The fraction of sp³-hybridized carbons (Fsp3) is 0.375. The summed E-state index contributed by atoms with van der Waals surface area (Å²) in [6.45, 7) is 2.86. The molecular formula is C16H21NO3. The second-order valence-electron chi connectivity index (χ2n) is 4.72. The first-order valence-electron chi connectivity index (χ1n) is 6.70. The largest absolute Gasteiger partial charge is 0.493 e. The van der Waals surface area contributed by atoms with Crippen molar-refractivity contribution in [3.8, 4) is 11.5 Å². The van der Waals surface area contributed by atoms with E-state index >= 15 is 0 Å². The summed E-state index contributed by atoms with van der Waals surface area (Å²) in [7, 11) is 3.31. The first-order chi connectivity index (χ1) is 9.74. The number of para-hydroxylation sites is 1. The van der Waals surface area contributed by atoms with Gasteiger partial charge in [0.05, 0.1) is 20.5 Å². The molecule has 0 saturated carbocycles. The number of ether oxygens (including phenoxy) is 2. The van der Waals surface area contributed by atoms with Gasteiger partial charge in [-0.1, -0.05) is 12.1 Å². The van der Waals surface area contributed by atoms with Crippen LogP contribution in [0.5, 0.6) is 11.5 Å². The first-order valence-corrected chi connectivity index (χ1v) is 6.70.